The second-order valence-electron chi connectivity index (χ2n) is 6.37. The second kappa shape index (κ2) is 8.10. The number of anilines is 1. The molecule has 0 saturated heterocycles. The number of aromatic nitrogens is 1. The van der Waals surface area contributed by atoms with Crippen LogP contribution in [-0.2, 0) is 0 Å². The molecular formula is C22H20N4OS. The number of rotatable bonds is 5. The van der Waals surface area contributed by atoms with Crippen molar-refractivity contribution in [3.05, 3.63) is 88.7 Å². The van der Waals surface area contributed by atoms with Gasteiger partial charge in [-0.15, -0.1) is 11.3 Å². The molecule has 140 valence electrons. The molecule has 2 heterocycles. The van der Waals surface area contributed by atoms with Crippen molar-refractivity contribution >= 4 is 28.9 Å². The molecule has 0 radical (unpaired) electrons. The maximum atomic E-state index is 5.58. The van der Waals surface area contributed by atoms with Crippen LogP contribution in [0.1, 0.15) is 5.56 Å². The van der Waals surface area contributed by atoms with Gasteiger partial charge in [-0.25, -0.2) is 9.67 Å². The molecule has 0 unspecified atom stereocenters. The Bertz CT molecular complexity index is 1120. The Morgan fingerprint density at radius 3 is 2.43 bits per heavy atom. The Hall–Kier alpha value is -3.38. The molecule has 0 saturated carbocycles. The minimum Gasteiger partial charge on any atom is -0.463 e. The lowest BCUT2D eigenvalue weighted by molar-refractivity contribution is 0.575. The van der Waals surface area contributed by atoms with E-state index in [1.807, 2.05) is 85.0 Å². The zero-order chi connectivity index (χ0) is 19.3. The van der Waals surface area contributed by atoms with Crippen LogP contribution in [0, 0.1) is 0 Å². The van der Waals surface area contributed by atoms with Crippen molar-refractivity contribution in [2.45, 2.75) is 0 Å². The fourth-order valence-corrected chi connectivity index (χ4v) is 3.52. The van der Waals surface area contributed by atoms with Crippen LogP contribution in [0.2, 0.25) is 0 Å². The van der Waals surface area contributed by atoms with Gasteiger partial charge in [-0.2, -0.15) is 5.10 Å². The van der Waals surface area contributed by atoms with Crippen LogP contribution in [0.3, 0.4) is 0 Å². The molecule has 4 rings (SSSR count). The summed E-state index contributed by atoms with van der Waals surface area (Å²) in [5.41, 5.74) is 3.91. The van der Waals surface area contributed by atoms with E-state index in [2.05, 4.69) is 17.0 Å². The third-order valence-electron chi connectivity index (χ3n) is 4.17. The van der Waals surface area contributed by atoms with Crippen molar-refractivity contribution < 1.29 is 4.42 Å². The van der Waals surface area contributed by atoms with Gasteiger partial charge in [0, 0.05) is 25.2 Å². The average Bonchev–Trinajstić information content (AvgIpc) is 3.37. The normalized spacial score (nSPS) is 12.0. The van der Waals surface area contributed by atoms with Gasteiger partial charge in [0.15, 0.2) is 5.76 Å². The zero-order valence-electron chi connectivity index (χ0n) is 15.7. The van der Waals surface area contributed by atoms with Crippen LogP contribution in [-0.4, -0.2) is 25.0 Å². The number of hydrogen-bond acceptors (Lipinski definition) is 5. The third-order valence-corrected chi connectivity index (χ3v) is 4.99. The van der Waals surface area contributed by atoms with E-state index in [4.69, 9.17) is 14.5 Å². The quantitative estimate of drug-likeness (QED) is 0.452. The van der Waals surface area contributed by atoms with Crippen LogP contribution in [0.5, 0.6) is 0 Å². The molecule has 4 aromatic rings. The Morgan fingerprint density at radius 2 is 1.75 bits per heavy atom. The second-order valence-corrected chi connectivity index (χ2v) is 7.21. The lowest BCUT2D eigenvalue weighted by atomic mass is 10.2. The SMILES string of the molecule is CN(C)c1ccc(C=Nn2c(-c3ccco3)csc2=Nc2ccccc2)cc1. The highest BCUT2D eigenvalue weighted by molar-refractivity contribution is 7.07. The van der Waals surface area contributed by atoms with Gasteiger partial charge in [0.2, 0.25) is 4.80 Å². The largest absolute Gasteiger partial charge is 0.463 e. The van der Waals surface area contributed by atoms with Crippen LogP contribution < -0.4 is 9.70 Å². The molecule has 28 heavy (non-hydrogen) atoms. The van der Waals surface area contributed by atoms with E-state index >= 15 is 0 Å². The molecule has 0 aliphatic heterocycles. The molecule has 2 aromatic heterocycles. The summed E-state index contributed by atoms with van der Waals surface area (Å²) in [6.45, 7) is 0. The lowest BCUT2D eigenvalue weighted by Crippen LogP contribution is -2.11. The summed E-state index contributed by atoms with van der Waals surface area (Å²) in [5.74, 6) is 0.755. The minimum absolute atomic E-state index is 0.755. The van der Waals surface area contributed by atoms with E-state index in [-0.39, 0.29) is 0 Å². The maximum absolute atomic E-state index is 5.58. The molecule has 0 atom stereocenters. The highest BCUT2D eigenvalue weighted by atomic mass is 32.1. The van der Waals surface area contributed by atoms with Crippen LogP contribution in [0.15, 0.2) is 92.9 Å². The van der Waals surface area contributed by atoms with E-state index in [1.54, 1.807) is 6.26 Å². The molecule has 0 fully saturated rings. The number of benzene rings is 2. The van der Waals surface area contributed by atoms with Crippen molar-refractivity contribution in [2.24, 2.45) is 10.1 Å². The van der Waals surface area contributed by atoms with E-state index in [0.29, 0.717) is 0 Å². The Labute approximate surface area is 167 Å². The summed E-state index contributed by atoms with van der Waals surface area (Å²) in [6, 6.07) is 21.9. The first kappa shape index (κ1) is 18.0. The zero-order valence-corrected chi connectivity index (χ0v) is 16.5. The van der Waals surface area contributed by atoms with Gasteiger partial charge < -0.3 is 9.32 Å². The highest BCUT2D eigenvalue weighted by Gasteiger charge is 2.10. The maximum Gasteiger partial charge on any atom is 0.211 e. The van der Waals surface area contributed by atoms with Gasteiger partial charge in [-0.1, -0.05) is 30.3 Å². The van der Waals surface area contributed by atoms with Crippen molar-refractivity contribution in [3.63, 3.8) is 0 Å². The summed E-state index contributed by atoms with van der Waals surface area (Å²) >= 11 is 1.53. The number of thiazole rings is 1. The molecule has 0 spiro atoms. The van der Waals surface area contributed by atoms with E-state index in [1.165, 1.54) is 11.3 Å². The minimum atomic E-state index is 0.755. The van der Waals surface area contributed by atoms with Gasteiger partial charge >= 0.3 is 0 Å². The van der Waals surface area contributed by atoms with Crippen molar-refractivity contribution in [2.75, 3.05) is 19.0 Å². The van der Waals surface area contributed by atoms with Gasteiger partial charge in [-0.3, -0.25) is 0 Å². The number of para-hydroxylation sites is 1. The first-order valence-corrected chi connectivity index (χ1v) is 9.74. The van der Waals surface area contributed by atoms with Gasteiger partial charge in [-0.05, 0) is 42.0 Å². The molecular weight excluding hydrogens is 368 g/mol. The van der Waals surface area contributed by atoms with Crippen molar-refractivity contribution in [1.82, 2.24) is 4.68 Å². The first-order chi connectivity index (χ1) is 13.7. The summed E-state index contributed by atoms with van der Waals surface area (Å²) < 4.78 is 7.40. The average molecular weight is 388 g/mol. The van der Waals surface area contributed by atoms with E-state index < -0.39 is 0 Å². The number of furan rings is 1. The van der Waals surface area contributed by atoms with Crippen LogP contribution in [0.25, 0.3) is 11.5 Å². The number of nitrogens with zero attached hydrogens (tertiary/aromatic N) is 4. The lowest BCUT2D eigenvalue weighted by Gasteiger charge is -2.11. The molecule has 6 heteroatoms. The van der Waals surface area contributed by atoms with Gasteiger partial charge in [0.1, 0.15) is 5.69 Å². The Kier molecular flexibility index (Phi) is 5.21. The Morgan fingerprint density at radius 1 is 0.964 bits per heavy atom. The molecule has 0 aliphatic rings. The summed E-state index contributed by atoms with van der Waals surface area (Å²) in [7, 11) is 4.05. The number of hydrogen-bond donors (Lipinski definition) is 0. The molecule has 0 N–H and O–H groups in total. The molecule has 0 bridgehead atoms. The predicted molar refractivity (Wildman–Crippen MR) is 115 cm³/mol. The fourth-order valence-electron chi connectivity index (χ4n) is 2.68. The summed E-state index contributed by atoms with van der Waals surface area (Å²) in [4.78, 5) is 7.59. The predicted octanol–water partition coefficient (Wildman–Crippen LogP) is 4.99. The standard InChI is InChI=1S/C22H20N4OS/c1-25(2)19-12-10-17(11-13-19)15-23-26-20(21-9-6-14-27-21)16-28-22(26)24-18-7-4-3-5-8-18/h3-16H,1-2H3. The highest BCUT2D eigenvalue weighted by Crippen LogP contribution is 2.21. The molecule has 0 amide bonds. The fraction of sp³-hybridized carbons (Fsp3) is 0.0909. The first-order valence-electron chi connectivity index (χ1n) is 8.87. The van der Waals surface area contributed by atoms with Gasteiger partial charge in [0.05, 0.1) is 18.2 Å². The Balaban J connectivity index is 1.75. The smallest absolute Gasteiger partial charge is 0.211 e. The third kappa shape index (κ3) is 3.97. The van der Waals surface area contributed by atoms with E-state index in [9.17, 15) is 0 Å². The molecule has 5 nitrogen and oxygen atoms in total. The monoisotopic (exact) mass is 388 g/mol. The summed E-state index contributed by atoms with van der Waals surface area (Å²) in [6.07, 6.45) is 3.50. The van der Waals surface area contributed by atoms with Crippen LogP contribution >= 0.6 is 11.3 Å². The summed E-state index contributed by atoms with van der Waals surface area (Å²) in [5, 5.41) is 6.70. The van der Waals surface area contributed by atoms with E-state index in [0.717, 1.165) is 33.2 Å². The molecule has 0 aliphatic carbocycles. The van der Waals surface area contributed by atoms with Crippen molar-refractivity contribution in [1.29, 1.82) is 0 Å². The topological polar surface area (TPSA) is 46.0 Å². The van der Waals surface area contributed by atoms with Gasteiger partial charge in [0.25, 0.3) is 0 Å². The molecule has 2 aromatic carbocycles. The van der Waals surface area contributed by atoms with Crippen molar-refractivity contribution in [3.8, 4) is 11.5 Å². The van der Waals surface area contributed by atoms with Crippen LogP contribution in [0.4, 0.5) is 11.4 Å².